The van der Waals surface area contributed by atoms with E-state index in [1.54, 1.807) is 11.8 Å². The summed E-state index contributed by atoms with van der Waals surface area (Å²) in [7, 11) is 0. The number of rotatable bonds is 4. The monoisotopic (exact) mass is 355 g/mol. The van der Waals surface area contributed by atoms with Crippen LogP contribution in [0.5, 0.6) is 0 Å². The lowest BCUT2D eigenvalue weighted by Crippen LogP contribution is -2.18. The number of halogens is 2. The third kappa shape index (κ3) is 3.99. The second-order valence-electron chi connectivity index (χ2n) is 4.43. The van der Waals surface area contributed by atoms with E-state index >= 15 is 0 Å². The zero-order valence-corrected chi connectivity index (χ0v) is 13.7. The Morgan fingerprint density at radius 3 is 2.53 bits per heavy atom. The zero-order chi connectivity index (χ0) is 13.8. The summed E-state index contributed by atoms with van der Waals surface area (Å²) in [5, 5.41) is 0.786. The van der Waals surface area contributed by atoms with Crippen LogP contribution in [-0.2, 0) is 6.42 Å². The maximum Gasteiger partial charge on any atom is 0.0449 e. The standard InChI is InChI=1S/C15H15BrClNS/c1-10(18)9-11-13(17)6-4-8-14(11)19-15-7-3-2-5-12(15)16/h2-8,10H,9,18H2,1H3. The molecule has 0 aliphatic carbocycles. The van der Waals surface area contributed by atoms with Gasteiger partial charge in [-0.3, -0.25) is 0 Å². The van der Waals surface area contributed by atoms with Crippen molar-refractivity contribution in [2.75, 3.05) is 0 Å². The average Bonchev–Trinajstić information content (AvgIpc) is 2.36. The SMILES string of the molecule is CC(N)Cc1c(Cl)cccc1Sc1ccccc1Br. The molecule has 0 bridgehead atoms. The molecular weight excluding hydrogens is 342 g/mol. The van der Waals surface area contributed by atoms with Crippen LogP contribution in [-0.4, -0.2) is 6.04 Å². The van der Waals surface area contributed by atoms with Gasteiger partial charge in [-0.15, -0.1) is 0 Å². The Morgan fingerprint density at radius 2 is 1.84 bits per heavy atom. The van der Waals surface area contributed by atoms with Crippen LogP contribution in [0.3, 0.4) is 0 Å². The second-order valence-corrected chi connectivity index (χ2v) is 6.78. The summed E-state index contributed by atoms with van der Waals surface area (Å²) in [4.78, 5) is 2.34. The Hall–Kier alpha value is -0.480. The van der Waals surface area contributed by atoms with Crippen molar-refractivity contribution in [3.63, 3.8) is 0 Å². The molecule has 4 heteroatoms. The molecule has 0 aliphatic rings. The van der Waals surface area contributed by atoms with E-state index in [0.29, 0.717) is 0 Å². The van der Waals surface area contributed by atoms with E-state index in [4.69, 9.17) is 17.3 Å². The number of benzene rings is 2. The van der Waals surface area contributed by atoms with Gasteiger partial charge in [-0.25, -0.2) is 0 Å². The molecule has 1 atom stereocenters. The second kappa shape index (κ2) is 6.80. The van der Waals surface area contributed by atoms with Gasteiger partial charge in [-0.2, -0.15) is 0 Å². The Kier molecular flexibility index (Phi) is 5.34. The van der Waals surface area contributed by atoms with Crippen LogP contribution in [0.1, 0.15) is 12.5 Å². The molecule has 0 fully saturated rings. The van der Waals surface area contributed by atoms with E-state index in [1.807, 2.05) is 37.3 Å². The van der Waals surface area contributed by atoms with E-state index in [-0.39, 0.29) is 6.04 Å². The Balaban J connectivity index is 2.35. The molecule has 0 aliphatic heterocycles. The Morgan fingerprint density at radius 1 is 1.16 bits per heavy atom. The fourth-order valence-corrected chi connectivity index (χ4v) is 3.65. The van der Waals surface area contributed by atoms with E-state index in [9.17, 15) is 0 Å². The summed E-state index contributed by atoms with van der Waals surface area (Å²) < 4.78 is 1.09. The van der Waals surface area contributed by atoms with Gasteiger partial charge in [0.1, 0.15) is 0 Å². The molecule has 2 N–H and O–H groups in total. The topological polar surface area (TPSA) is 26.0 Å². The number of hydrogen-bond donors (Lipinski definition) is 1. The highest BCUT2D eigenvalue weighted by atomic mass is 79.9. The van der Waals surface area contributed by atoms with Crippen molar-refractivity contribution in [1.82, 2.24) is 0 Å². The van der Waals surface area contributed by atoms with Crippen molar-refractivity contribution in [2.24, 2.45) is 5.73 Å². The summed E-state index contributed by atoms with van der Waals surface area (Å²) in [6.07, 6.45) is 0.784. The predicted octanol–water partition coefficient (Wildman–Crippen LogP) is 5.14. The molecule has 1 nitrogen and oxygen atoms in total. The van der Waals surface area contributed by atoms with Crippen molar-refractivity contribution >= 4 is 39.3 Å². The normalized spacial score (nSPS) is 12.4. The van der Waals surface area contributed by atoms with Crippen LogP contribution < -0.4 is 5.73 Å². The van der Waals surface area contributed by atoms with Crippen LogP contribution in [0.25, 0.3) is 0 Å². The molecule has 2 aromatic carbocycles. The summed E-state index contributed by atoms with van der Waals surface area (Å²) >= 11 is 11.6. The Labute approximate surface area is 131 Å². The summed E-state index contributed by atoms with van der Waals surface area (Å²) in [6, 6.07) is 14.3. The minimum absolute atomic E-state index is 0.0958. The van der Waals surface area contributed by atoms with E-state index < -0.39 is 0 Å². The molecule has 2 rings (SSSR count). The van der Waals surface area contributed by atoms with E-state index in [2.05, 4.69) is 28.1 Å². The smallest absolute Gasteiger partial charge is 0.0449 e. The maximum absolute atomic E-state index is 6.30. The zero-order valence-electron chi connectivity index (χ0n) is 10.6. The fraction of sp³-hybridized carbons (Fsp3) is 0.200. The van der Waals surface area contributed by atoms with Gasteiger partial charge in [0.15, 0.2) is 0 Å². The van der Waals surface area contributed by atoms with Crippen molar-refractivity contribution in [3.05, 3.63) is 57.5 Å². The molecule has 0 heterocycles. The quantitative estimate of drug-likeness (QED) is 0.820. The summed E-state index contributed by atoms with van der Waals surface area (Å²) in [6.45, 7) is 2.00. The Bertz CT molecular complexity index is 572. The van der Waals surface area contributed by atoms with Gasteiger partial charge in [0.25, 0.3) is 0 Å². The highest BCUT2D eigenvalue weighted by Gasteiger charge is 2.11. The molecule has 0 aromatic heterocycles. The van der Waals surface area contributed by atoms with Gasteiger partial charge in [-0.05, 0) is 59.1 Å². The molecule has 0 saturated carbocycles. The van der Waals surface area contributed by atoms with Crippen molar-refractivity contribution in [3.8, 4) is 0 Å². The third-order valence-electron chi connectivity index (χ3n) is 2.66. The van der Waals surface area contributed by atoms with Crippen LogP contribution in [0.2, 0.25) is 5.02 Å². The van der Waals surface area contributed by atoms with Crippen LogP contribution in [0, 0.1) is 0 Å². The molecule has 1 unspecified atom stereocenters. The van der Waals surface area contributed by atoms with Crippen LogP contribution >= 0.6 is 39.3 Å². The van der Waals surface area contributed by atoms with Gasteiger partial charge in [0, 0.05) is 25.3 Å². The first-order valence-corrected chi connectivity index (χ1v) is 8.02. The molecule has 0 amide bonds. The molecule has 0 radical (unpaired) electrons. The maximum atomic E-state index is 6.30. The highest BCUT2D eigenvalue weighted by Crippen LogP contribution is 2.37. The van der Waals surface area contributed by atoms with Gasteiger partial charge < -0.3 is 5.73 Å². The predicted molar refractivity (Wildman–Crippen MR) is 87.1 cm³/mol. The van der Waals surface area contributed by atoms with E-state index in [1.165, 1.54) is 4.90 Å². The summed E-state index contributed by atoms with van der Waals surface area (Å²) in [5.74, 6) is 0. The largest absolute Gasteiger partial charge is 0.328 e. The molecular formula is C15H15BrClNS. The van der Waals surface area contributed by atoms with Crippen LogP contribution in [0.15, 0.2) is 56.7 Å². The first-order chi connectivity index (χ1) is 9.08. The number of hydrogen-bond acceptors (Lipinski definition) is 2. The van der Waals surface area contributed by atoms with E-state index in [0.717, 1.165) is 26.4 Å². The lowest BCUT2D eigenvalue weighted by molar-refractivity contribution is 0.729. The first-order valence-electron chi connectivity index (χ1n) is 6.03. The van der Waals surface area contributed by atoms with Crippen LogP contribution in [0.4, 0.5) is 0 Å². The molecule has 2 aromatic rings. The minimum Gasteiger partial charge on any atom is -0.328 e. The van der Waals surface area contributed by atoms with Crippen molar-refractivity contribution in [1.29, 1.82) is 0 Å². The summed E-state index contributed by atoms with van der Waals surface area (Å²) in [5.41, 5.74) is 7.03. The van der Waals surface area contributed by atoms with Crippen molar-refractivity contribution in [2.45, 2.75) is 29.2 Å². The van der Waals surface area contributed by atoms with Gasteiger partial charge in [0.2, 0.25) is 0 Å². The fourth-order valence-electron chi connectivity index (χ4n) is 1.80. The molecule has 100 valence electrons. The lowest BCUT2D eigenvalue weighted by Gasteiger charge is -2.13. The van der Waals surface area contributed by atoms with Gasteiger partial charge >= 0.3 is 0 Å². The highest BCUT2D eigenvalue weighted by molar-refractivity contribution is 9.10. The number of nitrogens with two attached hydrogens (primary N) is 1. The van der Waals surface area contributed by atoms with Gasteiger partial charge in [0.05, 0.1) is 0 Å². The molecule has 19 heavy (non-hydrogen) atoms. The first kappa shape index (κ1) is 14.9. The minimum atomic E-state index is 0.0958. The average molecular weight is 357 g/mol. The van der Waals surface area contributed by atoms with Gasteiger partial charge in [-0.1, -0.05) is 41.6 Å². The molecule has 0 saturated heterocycles. The van der Waals surface area contributed by atoms with Crippen molar-refractivity contribution < 1.29 is 0 Å². The lowest BCUT2D eigenvalue weighted by atomic mass is 10.1. The molecule has 0 spiro atoms. The third-order valence-corrected chi connectivity index (χ3v) is 5.14.